The third-order valence-corrected chi connectivity index (χ3v) is 4.43. The van der Waals surface area contributed by atoms with Crippen LogP contribution < -0.4 is 5.73 Å². The molecule has 108 valence electrons. The van der Waals surface area contributed by atoms with E-state index in [9.17, 15) is 4.79 Å². The molecule has 2 aliphatic carbocycles. The number of hydrogen-bond donors (Lipinski definition) is 1. The molecule has 0 radical (unpaired) electrons. The van der Waals surface area contributed by atoms with Gasteiger partial charge in [-0.1, -0.05) is 38.8 Å². The van der Waals surface area contributed by atoms with Gasteiger partial charge in [-0.3, -0.25) is 4.79 Å². The second kappa shape index (κ2) is 6.56. The summed E-state index contributed by atoms with van der Waals surface area (Å²) in [6.45, 7) is 5.37. The second-order valence-electron chi connectivity index (χ2n) is 6.54. The summed E-state index contributed by atoms with van der Waals surface area (Å²) in [5.74, 6) is 0.998. The number of nitrogens with zero attached hydrogens (tertiary/aromatic N) is 1. The van der Waals surface area contributed by atoms with Gasteiger partial charge in [-0.05, 0) is 31.6 Å². The Morgan fingerprint density at radius 2 is 2.00 bits per heavy atom. The van der Waals surface area contributed by atoms with Crippen LogP contribution in [0.25, 0.3) is 0 Å². The van der Waals surface area contributed by atoms with Gasteiger partial charge < -0.3 is 10.6 Å². The molecule has 0 aliphatic heterocycles. The molecule has 2 aliphatic rings. The van der Waals surface area contributed by atoms with Crippen molar-refractivity contribution >= 4 is 5.91 Å². The van der Waals surface area contributed by atoms with Gasteiger partial charge in [-0.15, -0.1) is 0 Å². The summed E-state index contributed by atoms with van der Waals surface area (Å²) in [6.07, 6.45) is 10.8. The van der Waals surface area contributed by atoms with Crippen molar-refractivity contribution in [3.8, 4) is 0 Å². The van der Waals surface area contributed by atoms with E-state index in [1.54, 1.807) is 0 Å². The molecule has 1 amide bonds. The first-order valence-corrected chi connectivity index (χ1v) is 7.82. The van der Waals surface area contributed by atoms with Crippen LogP contribution in [0.3, 0.4) is 0 Å². The highest BCUT2D eigenvalue weighted by molar-refractivity contribution is 5.81. The fourth-order valence-corrected chi connectivity index (χ4v) is 3.21. The molecule has 2 N–H and O–H groups in total. The summed E-state index contributed by atoms with van der Waals surface area (Å²) in [4.78, 5) is 14.9. The molecule has 19 heavy (non-hydrogen) atoms. The van der Waals surface area contributed by atoms with E-state index in [1.807, 2.05) is 12.2 Å². The summed E-state index contributed by atoms with van der Waals surface area (Å²) in [5, 5.41) is 0. The highest BCUT2D eigenvalue weighted by Gasteiger charge is 2.32. The zero-order valence-electron chi connectivity index (χ0n) is 12.3. The fourth-order valence-electron chi connectivity index (χ4n) is 3.21. The lowest BCUT2D eigenvalue weighted by molar-refractivity contribution is -0.136. The average molecular weight is 264 g/mol. The minimum Gasteiger partial charge on any atom is -0.339 e. The van der Waals surface area contributed by atoms with E-state index in [0.29, 0.717) is 17.9 Å². The molecule has 0 spiro atoms. The predicted molar refractivity (Wildman–Crippen MR) is 78.6 cm³/mol. The standard InChI is InChI=1S/C16H28N2O/c1-12(2)9-10-18(15-5-3-4-6-15)16(19)13-7-8-14(17)11-13/h7-8,12-15H,3-6,9-11,17H2,1-2H3. The van der Waals surface area contributed by atoms with E-state index in [2.05, 4.69) is 18.7 Å². The Bertz CT molecular complexity index is 332. The Balaban J connectivity index is 1.99. The first kappa shape index (κ1) is 14.6. The molecule has 0 bridgehead atoms. The zero-order valence-corrected chi connectivity index (χ0v) is 12.3. The topological polar surface area (TPSA) is 46.3 Å². The molecular formula is C16H28N2O. The number of carbonyl (C=O) groups excluding carboxylic acids is 1. The van der Waals surface area contributed by atoms with Crippen LogP contribution in [-0.2, 0) is 4.79 Å². The minimum absolute atomic E-state index is 0.0303. The first-order chi connectivity index (χ1) is 9.08. The molecule has 2 atom stereocenters. The summed E-state index contributed by atoms with van der Waals surface area (Å²) in [7, 11) is 0. The van der Waals surface area contributed by atoms with Crippen molar-refractivity contribution in [3.05, 3.63) is 12.2 Å². The van der Waals surface area contributed by atoms with E-state index in [0.717, 1.165) is 19.4 Å². The molecule has 2 unspecified atom stereocenters. The van der Waals surface area contributed by atoms with E-state index in [1.165, 1.54) is 25.7 Å². The van der Waals surface area contributed by atoms with Gasteiger partial charge in [0.05, 0.1) is 5.92 Å². The molecular weight excluding hydrogens is 236 g/mol. The van der Waals surface area contributed by atoms with Crippen molar-refractivity contribution in [1.82, 2.24) is 4.90 Å². The van der Waals surface area contributed by atoms with Crippen molar-refractivity contribution in [2.24, 2.45) is 17.6 Å². The summed E-state index contributed by atoms with van der Waals surface area (Å²) in [6, 6.07) is 0.556. The Hall–Kier alpha value is -0.830. The molecule has 0 saturated heterocycles. The van der Waals surface area contributed by atoms with Crippen molar-refractivity contribution in [3.63, 3.8) is 0 Å². The van der Waals surface area contributed by atoms with Gasteiger partial charge in [0.1, 0.15) is 0 Å². The fraction of sp³-hybridized carbons (Fsp3) is 0.812. The predicted octanol–water partition coefficient (Wildman–Crippen LogP) is 2.71. The smallest absolute Gasteiger partial charge is 0.229 e. The lowest BCUT2D eigenvalue weighted by atomic mass is 10.0. The zero-order chi connectivity index (χ0) is 13.8. The Kier molecular flexibility index (Phi) is 5.03. The van der Waals surface area contributed by atoms with E-state index in [-0.39, 0.29) is 12.0 Å². The second-order valence-corrected chi connectivity index (χ2v) is 6.54. The van der Waals surface area contributed by atoms with Gasteiger partial charge in [-0.25, -0.2) is 0 Å². The quantitative estimate of drug-likeness (QED) is 0.776. The van der Waals surface area contributed by atoms with Crippen LogP contribution in [-0.4, -0.2) is 29.4 Å². The first-order valence-electron chi connectivity index (χ1n) is 7.82. The SMILES string of the molecule is CC(C)CCN(C(=O)C1C=CC(N)C1)C1CCCC1. The van der Waals surface area contributed by atoms with Crippen LogP contribution in [0.1, 0.15) is 52.4 Å². The molecule has 0 aromatic carbocycles. The van der Waals surface area contributed by atoms with Crippen LogP contribution in [0.5, 0.6) is 0 Å². The number of rotatable bonds is 5. The molecule has 2 rings (SSSR count). The molecule has 3 heteroatoms. The van der Waals surface area contributed by atoms with Gasteiger partial charge in [0.25, 0.3) is 0 Å². The lowest BCUT2D eigenvalue weighted by Crippen LogP contribution is -2.43. The van der Waals surface area contributed by atoms with Crippen molar-refractivity contribution in [1.29, 1.82) is 0 Å². The maximum atomic E-state index is 12.7. The van der Waals surface area contributed by atoms with Gasteiger partial charge in [0.15, 0.2) is 0 Å². The normalized spacial score (nSPS) is 27.4. The number of nitrogens with two attached hydrogens (primary N) is 1. The highest BCUT2D eigenvalue weighted by Crippen LogP contribution is 2.28. The third kappa shape index (κ3) is 3.82. The van der Waals surface area contributed by atoms with Gasteiger partial charge >= 0.3 is 0 Å². The Labute approximate surface area is 117 Å². The molecule has 0 aromatic heterocycles. The summed E-state index contributed by atoms with van der Waals surface area (Å²) < 4.78 is 0. The lowest BCUT2D eigenvalue weighted by Gasteiger charge is -2.31. The number of hydrogen-bond acceptors (Lipinski definition) is 2. The summed E-state index contributed by atoms with van der Waals surface area (Å²) in [5.41, 5.74) is 5.88. The average Bonchev–Trinajstić information content (AvgIpc) is 3.00. The van der Waals surface area contributed by atoms with Crippen LogP contribution in [0.2, 0.25) is 0 Å². The van der Waals surface area contributed by atoms with E-state index in [4.69, 9.17) is 5.73 Å². The van der Waals surface area contributed by atoms with E-state index >= 15 is 0 Å². The maximum Gasteiger partial charge on any atom is 0.229 e. The highest BCUT2D eigenvalue weighted by atomic mass is 16.2. The van der Waals surface area contributed by atoms with Crippen LogP contribution in [0.4, 0.5) is 0 Å². The third-order valence-electron chi connectivity index (χ3n) is 4.43. The molecule has 3 nitrogen and oxygen atoms in total. The Morgan fingerprint density at radius 3 is 2.53 bits per heavy atom. The van der Waals surface area contributed by atoms with Crippen LogP contribution in [0, 0.1) is 11.8 Å². The van der Waals surface area contributed by atoms with Gasteiger partial charge in [-0.2, -0.15) is 0 Å². The van der Waals surface area contributed by atoms with Crippen molar-refractivity contribution < 1.29 is 4.79 Å². The number of amides is 1. The monoisotopic (exact) mass is 264 g/mol. The maximum absolute atomic E-state index is 12.7. The molecule has 1 saturated carbocycles. The molecule has 0 aromatic rings. The number of carbonyl (C=O) groups is 1. The summed E-state index contributed by atoms with van der Waals surface area (Å²) >= 11 is 0. The molecule has 0 heterocycles. The van der Waals surface area contributed by atoms with Gasteiger partial charge in [0, 0.05) is 18.6 Å². The minimum atomic E-state index is 0.0303. The van der Waals surface area contributed by atoms with Crippen molar-refractivity contribution in [2.45, 2.75) is 64.5 Å². The van der Waals surface area contributed by atoms with Crippen molar-refractivity contribution in [2.75, 3.05) is 6.54 Å². The largest absolute Gasteiger partial charge is 0.339 e. The van der Waals surface area contributed by atoms with Crippen LogP contribution in [0.15, 0.2) is 12.2 Å². The van der Waals surface area contributed by atoms with E-state index < -0.39 is 0 Å². The Morgan fingerprint density at radius 1 is 1.32 bits per heavy atom. The molecule has 1 fully saturated rings. The van der Waals surface area contributed by atoms with Crippen LogP contribution >= 0.6 is 0 Å². The van der Waals surface area contributed by atoms with Gasteiger partial charge in [0.2, 0.25) is 5.91 Å².